The molecule has 0 saturated carbocycles. The van der Waals surface area contributed by atoms with Crippen molar-refractivity contribution in [2.45, 2.75) is 11.7 Å². The first kappa shape index (κ1) is 13.3. The van der Waals surface area contributed by atoms with E-state index in [1.54, 1.807) is 28.8 Å². The van der Waals surface area contributed by atoms with Crippen LogP contribution in [0.3, 0.4) is 0 Å². The van der Waals surface area contributed by atoms with Gasteiger partial charge >= 0.3 is 5.97 Å². The van der Waals surface area contributed by atoms with Crippen LogP contribution in [-0.4, -0.2) is 41.1 Å². The van der Waals surface area contributed by atoms with Crippen LogP contribution in [-0.2, 0) is 18.4 Å². The van der Waals surface area contributed by atoms with Gasteiger partial charge in [-0.2, -0.15) is 10.1 Å². The first-order valence-electron chi connectivity index (χ1n) is 5.31. The standard InChI is InChI=1S/C10H11N5O3S/c1-14-6-11-7(13-14)4-15-3-2-8(16)12-10(15)19-5-9(17)18/h2-3,6H,4-5H2,1H3,(H,17,18). The van der Waals surface area contributed by atoms with Gasteiger partial charge < -0.3 is 9.67 Å². The molecule has 0 spiro atoms. The molecule has 2 rings (SSSR count). The maximum absolute atomic E-state index is 11.2. The number of hydrogen-bond donors (Lipinski definition) is 1. The maximum atomic E-state index is 11.2. The van der Waals surface area contributed by atoms with Gasteiger partial charge in [-0.1, -0.05) is 11.8 Å². The minimum absolute atomic E-state index is 0.161. The third-order valence-electron chi connectivity index (χ3n) is 2.13. The smallest absolute Gasteiger partial charge is 0.313 e. The summed E-state index contributed by atoms with van der Waals surface area (Å²) in [6.07, 6.45) is 3.12. The van der Waals surface area contributed by atoms with Gasteiger partial charge in [0.15, 0.2) is 11.0 Å². The van der Waals surface area contributed by atoms with Gasteiger partial charge in [0, 0.05) is 19.3 Å². The second kappa shape index (κ2) is 5.65. The lowest BCUT2D eigenvalue weighted by Gasteiger charge is -2.08. The number of aryl methyl sites for hydroxylation is 1. The van der Waals surface area contributed by atoms with Crippen molar-refractivity contribution in [2.75, 3.05) is 5.75 Å². The van der Waals surface area contributed by atoms with E-state index >= 15 is 0 Å². The van der Waals surface area contributed by atoms with Gasteiger partial charge in [0.2, 0.25) is 0 Å². The predicted octanol–water partition coefficient (Wildman–Crippen LogP) is -0.403. The summed E-state index contributed by atoms with van der Waals surface area (Å²) in [6, 6.07) is 1.31. The predicted molar refractivity (Wildman–Crippen MR) is 67.0 cm³/mol. The summed E-state index contributed by atoms with van der Waals surface area (Å²) in [5.74, 6) is -0.567. The molecule has 2 aromatic rings. The Labute approximate surface area is 112 Å². The minimum atomic E-state index is -0.967. The lowest BCUT2D eigenvalue weighted by Crippen LogP contribution is -2.15. The average Bonchev–Trinajstić information content (AvgIpc) is 2.75. The van der Waals surface area contributed by atoms with E-state index in [0.717, 1.165) is 11.8 Å². The molecule has 0 aliphatic rings. The summed E-state index contributed by atoms with van der Waals surface area (Å²) < 4.78 is 3.21. The first-order chi connectivity index (χ1) is 9.04. The van der Waals surface area contributed by atoms with Crippen LogP contribution in [0.15, 0.2) is 28.5 Å². The minimum Gasteiger partial charge on any atom is -0.481 e. The molecule has 9 heteroatoms. The van der Waals surface area contributed by atoms with Gasteiger partial charge in [-0.3, -0.25) is 14.3 Å². The van der Waals surface area contributed by atoms with E-state index in [-0.39, 0.29) is 5.75 Å². The van der Waals surface area contributed by atoms with Crippen molar-refractivity contribution in [2.24, 2.45) is 7.05 Å². The molecular weight excluding hydrogens is 270 g/mol. The number of hydrogen-bond acceptors (Lipinski definition) is 6. The topological polar surface area (TPSA) is 103 Å². The zero-order chi connectivity index (χ0) is 13.8. The van der Waals surface area contributed by atoms with Crippen molar-refractivity contribution in [1.82, 2.24) is 24.3 Å². The summed E-state index contributed by atoms with van der Waals surface area (Å²) in [5.41, 5.74) is -0.405. The highest BCUT2D eigenvalue weighted by Gasteiger charge is 2.09. The van der Waals surface area contributed by atoms with Crippen molar-refractivity contribution in [3.63, 3.8) is 0 Å². The Morgan fingerprint density at radius 2 is 2.32 bits per heavy atom. The molecule has 8 nitrogen and oxygen atoms in total. The molecule has 19 heavy (non-hydrogen) atoms. The van der Waals surface area contributed by atoms with Gasteiger partial charge in [-0.25, -0.2) is 4.98 Å². The van der Waals surface area contributed by atoms with Crippen LogP contribution in [0, 0.1) is 0 Å². The Balaban J connectivity index is 2.23. The van der Waals surface area contributed by atoms with Crippen LogP contribution < -0.4 is 5.56 Å². The third-order valence-corrected chi connectivity index (χ3v) is 3.11. The number of carboxylic acids is 1. The van der Waals surface area contributed by atoms with Crippen molar-refractivity contribution in [1.29, 1.82) is 0 Å². The molecule has 100 valence electrons. The number of thioether (sulfide) groups is 1. The highest BCUT2D eigenvalue weighted by Crippen LogP contribution is 2.14. The van der Waals surface area contributed by atoms with E-state index in [2.05, 4.69) is 15.1 Å². The molecule has 0 aliphatic heterocycles. The molecular formula is C10H11N5O3S. The number of carbonyl (C=O) groups is 1. The molecule has 1 N–H and O–H groups in total. The zero-order valence-corrected chi connectivity index (χ0v) is 10.9. The molecule has 0 aromatic carbocycles. The maximum Gasteiger partial charge on any atom is 0.313 e. The molecule has 2 aromatic heterocycles. The quantitative estimate of drug-likeness (QED) is 0.587. The Morgan fingerprint density at radius 3 is 2.95 bits per heavy atom. The lowest BCUT2D eigenvalue weighted by atomic mass is 10.5. The summed E-state index contributed by atoms with van der Waals surface area (Å²) in [7, 11) is 1.75. The van der Waals surface area contributed by atoms with E-state index in [1.807, 2.05) is 0 Å². The number of aromatic nitrogens is 5. The van der Waals surface area contributed by atoms with Crippen LogP contribution in [0.4, 0.5) is 0 Å². The molecule has 0 fully saturated rings. The van der Waals surface area contributed by atoms with Crippen molar-refractivity contribution in [3.8, 4) is 0 Å². The highest BCUT2D eigenvalue weighted by atomic mass is 32.2. The van der Waals surface area contributed by atoms with Gasteiger partial charge in [-0.05, 0) is 0 Å². The van der Waals surface area contributed by atoms with Gasteiger partial charge in [-0.15, -0.1) is 0 Å². The Hall–Kier alpha value is -2.16. The van der Waals surface area contributed by atoms with Crippen molar-refractivity contribution >= 4 is 17.7 Å². The number of carboxylic acid groups (broad SMARTS) is 1. The molecule has 0 amide bonds. The van der Waals surface area contributed by atoms with Crippen molar-refractivity contribution in [3.05, 3.63) is 34.8 Å². The van der Waals surface area contributed by atoms with E-state index in [9.17, 15) is 9.59 Å². The second-order valence-electron chi connectivity index (χ2n) is 3.69. The Kier molecular flexibility index (Phi) is 3.95. The largest absolute Gasteiger partial charge is 0.481 e. The molecule has 0 unspecified atom stereocenters. The Morgan fingerprint density at radius 1 is 1.53 bits per heavy atom. The normalized spacial score (nSPS) is 10.6. The number of nitrogens with zero attached hydrogens (tertiary/aromatic N) is 5. The molecule has 0 atom stereocenters. The van der Waals surface area contributed by atoms with Crippen LogP contribution in [0.25, 0.3) is 0 Å². The molecule has 0 radical (unpaired) electrons. The van der Waals surface area contributed by atoms with Crippen LogP contribution in [0.1, 0.15) is 5.82 Å². The average molecular weight is 281 g/mol. The van der Waals surface area contributed by atoms with Crippen LogP contribution in [0.5, 0.6) is 0 Å². The zero-order valence-electron chi connectivity index (χ0n) is 10.1. The molecule has 0 saturated heterocycles. The van der Waals surface area contributed by atoms with E-state index in [4.69, 9.17) is 5.11 Å². The van der Waals surface area contributed by atoms with Crippen LogP contribution >= 0.6 is 11.8 Å². The second-order valence-corrected chi connectivity index (χ2v) is 4.64. The summed E-state index contributed by atoms with van der Waals surface area (Å²) >= 11 is 0.985. The molecule has 0 aliphatic carbocycles. The summed E-state index contributed by atoms with van der Waals surface area (Å²) in [4.78, 5) is 29.7. The highest BCUT2D eigenvalue weighted by molar-refractivity contribution is 7.99. The van der Waals surface area contributed by atoms with Gasteiger partial charge in [0.1, 0.15) is 6.33 Å². The third kappa shape index (κ3) is 3.65. The van der Waals surface area contributed by atoms with Gasteiger partial charge in [0.05, 0.1) is 12.3 Å². The van der Waals surface area contributed by atoms with Crippen LogP contribution in [0.2, 0.25) is 0 Å². The summed E-state index contributed by atoms with van der Waals surface area (Å²) in [5, 5.41) is 13.1. The monoisotopic (exact) mass is 281 g/mol. The molecule has 2 heterocycles. The van der Waals surface area contributed by atoms with E-state index in [1.165, 1.54) is 6.07 Å². The van der Waals surface area contributed by atoms with Gasteiger partial charge in [0.25, 0.3) is 5.56 Å². The van der Waals surface area contributed by atoms with E-state index < -0.39 is 11.5 Å². The SMILES string of the molecule is Cn1cnc(Cn2ccc(=O)nc2SCC(=O)O)n1. The fourth-order valence-corrected chi connectivity index (χ4v) is 2.08. The number of rotatable bonds is 5. The number of aliphatic carboxylic acids is 1. The fourth-order valence-electron chi connectivity index (χ4n) is 1.38. The van der Waals surface area contributed by atoms with Crippen molar-refractivity contribution < 1.29 is 9.90 Å². The van der Waals surface area contributed by atoms with E-state index in [0.29, 0.717) is 17.5 Å². The lowest BCUT2D eigenvalue weighted by molar-refractivity contribution is -0.133. The summed E-state index contributed by atoms with van der Waals surface area (Å²) in [6.45, 7) is 0.329. The Bertz CT molecular complexity index is 651. The molecule has 0 bridgehead atoms. The first-order valence-corrected chi connectivity index (χ1v) is 6.30. The fraction of sp³-hybridized carbons (Fsp3) is 0.300.